The lowest BCUT2D eigenvalue weighted by molar-refractivity contribution is 0.0342. The van der Waals surface area contributed by atoms with Crippen molar-refractivity contribution in [2.75, 3.05) is 26.3 Å². The molecule has 0 spiro atoms. The molecule has 0 aliphatic carbocycles. The fourth-order valence-electron chi connectivity index (χ4n) is 5.15. The smallest absolute Gasteiger partial charge is 0.267 e. The highest BCUT2D eigenvalue weighted by atomic mass is 16.5. The highest BCUT2D eigenvalue weighted by Crippen LogP contribution is 2.27. The van der Waals surface area contributed by atoms with Gasteiger partial charge in [-0.3, -0.25) is 14.8 Å². The first-order valence-electron chi connectivity index (χ1n) is 13.8. The Bertz CT molecular complexity index is 1900. The molecule has 1 aliphatic heterocycles. The fraction of sp³-hybridized carbons (Fsp3) is 0.194. The standard InChI is InChI=1S/C31H28N8O3/c40-25-8-4-23(5-9-25)27-11-12-30(41)39(35-27)19-22-3-10-28-26(17-22)31(34-32-28)29-20-38(36-33-29)24-6-1-21(2-7-24)18-37-13-15-42-16-14-37/h1-12,17,20,40H,13-16,18-19H2,(H,32,34). The van der Waals surface area contributed by atoms with Crippen molar-refractivity contribution in [1.82, 2.24) is 39.9 Å². The van der Waals surface area contributed by atoms with E-state index in [1.165, 1.54) is 16.3 Å². The second-order valence-electron chi connectivity index (χ2n) is 10.3. The minimum absolute atomic E-state index is 0.175. The molecule has 0 atom stereocenters. The molecule has 11 heteroatoms. The molecule has 42 heavy (non-hydrogen) atoms. The predicted molar refractivity (Wildman–Crippen MR) is 157 cm³/mol. The van der Waals surface area contributed by atoms with Gasteiger partial charge in [-0.15, -0.1) is 5.10 Å². The van der Waals surface area contributed by atoms with E-state index in [1.54, 1.807) is 35.0 Å². The lowest BCUT2D eigenvalue weighted by Crippen LogP contribution is -2.35. The van der Waals surface area contributed by atoms with Crippen molar-refractivity contribution in [3.8, 4) is 34.1 Å². The molecule has 0 bridgehead atoms. The van der Waals surface area contributed by atoms with Crippen LogP contribution < -0.4 is 5.56 Å². The van der Waals surface area contributed by atoms with Crippen molar-refractivity contribution in [1.29, 1.82) is 0 Å². The van der Waals surface area contributed by atoms with E-state index in [-0.39, 0.29) is 17.9 Å². The van der Waals surface area contributed by atoms with Gasteiger partial charge in [-0.25, -0.2) is 9.36 Å². The van der Waals surface area contributed by atoms with Crippen LogP contribution in [0.15, 0.2) is 89.9 Å². The number of hydrogen-bond donors (Lipinski definition) is 2. The first kappa shape index (κ1) is 25.8. The first-order chi connectivity index (χ1) is 20.6. The van der Waals surface area contributed by atoms with Crippen LogP contribution in [0.2, 0.25) is 0 Å². The van der Waals surface area contributed by atoms with E-state index < -0.39 is 0 Å². The minimum atomic E-state index is -0.205. The molecule has 11 nitrogen and oxygen atoms in total. The Kier molecular flexibility index (Phi) is 6.78. The lowest BCUT2D eigenvalue weighted by Gasteiger charge is -2.26. The van der Waals surface area contributed by atoms with Gasteiger partial charge in [0.25, 0.3) is 5.56 Å². The topological polar surface area (TPSA) is 127 Å². The molecule has 0 radical (unpaired) electrons. The van der Waals surface area contributed by atoms with Gasteiger partial charge >= 0.3 is 0 Å². The third-order valence-corrected chi connectivity index (χ3v) is 7.44. The molecule has 2 N–H and O–H groups in total. The monoisotopic (exact) mass is 560 g/mol. The van der Waals surface area contributed by atoms with E-state index in [4.69, 9.17) is 4.74 Å². The number of phenolic OH excluding ortho intramolecular Hbond substituents is 1. The Hall–Kier alpha value is -5.13. The number of benzene rings is 3. The van der Waals surface area contributed by atoms with Crippen LogP contribution in [-0.4, -0.2) is 71.3 Å². The summed E-state index contributed by atoms with van der Waals surface area (Å²) in [5.41, 5.74) is 6.48. The Morgan fingerprint density at radius 3 is 2.45 bits per heavy atom. The van der Waals surface area contributed by atoms with Crippen LogP contribution in [0, 0.1) is 0 Å². The van der Waals surface area contributed by atoms with Crippen molar-refractivity contribution in [2.24, 2.45) is 0 Å². The van der Waals surface area contributed by atoms with Crippen molar-refractivity contribution < 1.29 is 9.84 Å². The maximum absolute atomic E-state index is 12.6. The van der Waals surface area contributed by atoms with E-state index in [1.807, 2.05) is 36.5 Å². The Labute approximate surface area is 240 Å². The van der Waals surface area contributed by atoms with Gasteiger partial charge in [0.05, 0.1) is 42.9 Å². The summed E-state index contributed by atoms with van der Waals surface area (Å²) in [6.07, 6.45) is 1.87. The molecule has 3 aromatic carbocycles. The van der Waals surface area contributed by atoms with Crippen molar-refractivity contribution in [3.63, 3.8) is 0 Å². The summed E-state index contributed by atoms with van der Waals surface area (Å²) in [5, 5.41) is 31.4. The van der Waals surface area contributed by atoms with Gasteiger partial charge in [0, 0.05) is 36.7 Å². The molecule has 4 heterocycles. The number of rotatable bonds is 7. The minimum Gasteiger partial charge on any atom is -0.508 e. The number of aromatic amines is 1. The summed E-state index contributed by atoms with van der Waals surface area (Å²) in [7, 11) is 0. The number of phenols is 1. The maximum atomic E-state index is 12.6. The summed E-state index contributed by atoms with van der Waals surface area (Å²) >= 11 is 0. The van der Waals surface area contributed by atoms with E-state index in [9.17, 15) is 9.90 Å². The molecule has 0 saturated carbocycles. The van der Waals surface area contributed by atoms with Crippen LogP contribution in [0.4, 0.5) is 0 Å². The van der Waals surface area contributed by atoms with Crippen LogP contribution in [-0.2, 0) is 17.8 Å². The van der Waals surface area contributed by atoms with Gasteiger partial charge in [0.1, 0.15) is 17.1 Å². The van der Waals surface area contributed by atoms with Gasteiger partial charge in [0.15, 0.2) is 0 Å². The number of ether oxygens (including phenoxy) is 1. The molecular weight excluding hydrogens is 532 g/mol. The number of aromatic nitrogens is 7. The van der Waals surface area contributed by atoms with Gasteiger partial charge < -0.3 is 9.84 Å². The number of hydrogen-bond acceptors (Lipinski definition) is 8. The van der Waals surface area contributed by atoms with E-state index in [2.05, 4.69) is 42.6 Å². The van der Waals surface area contributed by atoms with Gasteiger partial charge in [-0.05, 0) is 65.7 Å². The number of morpholine rings is 1. The normalized spacial score (nSPS) is 14.0. The zero-order valence-corrected chi connectivity index (χ0v) is 22.7. The van der Waals surface area contributed by atoms with Crippen LogP contribution >= 0.6 is 0 Å². The molecule has 3 aromatic heterocycles. The Balaban J connectivity index is 1.12. The van der Waals surface area contributed by atoms with Crippen LogP contribution in [0.3, 0.4) is 0 Å². The second-order valence-corrected chi connectivity index (χ2v) is 10.3. The quantitative estimate of drug-likeness (QED) is 0.303. The third kappa shape index (κ3) is 5.30. The third-order valence-electron chi connectivity index (χ3n) is 7.44. The predicted octanol–water partition coefficient (Wildman–Crippen LogP) is 3.62. The van der Waals surface area contributed by atoms with Crippen molar-refractivity contribution in [3.05, 3.63) is 107 Å². The largest absolute Gasteiger partial charge is 0.508 e. The van der Waals surface area contributed by atoms with E-state index in [0.717, 1.165) is 60.6 Å². The van der Waals surface area contributed by atoms with Crippen molar-refractivity contribution >= 4 is 10.9 Å². The number of aromatic hydroxyl groups is 1. The molecule has 6 aromatic rings. The van der Waals surface area contributed by atoms with E-state index in [0.29, 0.717) is 17.1 Å². The average molecular weight is 561 g/mol. The second kappa shape index (κ2) is 11.0. The molecule has 1 aliphatic rings. The molecule has 1 fully saturated rings. The molecule has 0 amide bonds. The molecule has 1 saturated heterocycles. The molecule has 210 valence electrons. The first-order valence-corrected chi connectivity index (χ1v) is 13.8. The average Bonchev–Trinajstić information content (AvgIpc) is 3.67. The Morgan fingerprint density at radius 2 is 1.64 bits per heavy atom. The van der Waals surface area contributed by atoms with Gasteiger partial charge in [-0.2, -0.15) is 10.2 Å². The summed E-state index contributed by atoms with van der Waals surface area (Å²) in [4.78, 5) is 15.0. The maximum Gasteiger partial charge on any atom is 0.267 e. The zero-order valence-electron chi connectivity index (χ0n) is 22.7. The molecule has 7 rings (SSSR count). The SMILES string of the molecule is O=c1ccc(-c2ccc(O)cc2)nn1Cc1ccc2[nH]nc(-c3cn(-c4ccc(CN5CCOCC5)cc4)nn3)c2c1. The van der Waals surface area contributed by atoms with E-state index >= 15 is 0 Å². The van der Waals surface area contributed by atoms with Crippen LogP contribution in [0.5, 0.6) is 5.75 Å². The number of nitrogens with zero attached hydrogens (tertiary/aromatic N) is 7. The summed E-state index contributed by atoms with van der Waals surface area (Å²) in [5.74, 6) is 0.175. The summed E-state index contributed by atoms with van der Waals surface area (Å²) in [6.45, 7) is 4.66. The molecule has 0 unspecified atom stereocenters. The van der Waals surface area contributed by atoms with Gasteiger partial charge in [-0.1, -0.05) is 23.4 Å². The van der Waals surface area contributed by atoms with Crippen LogP contribution in [0.1, 0.15) is 11.1 Å². The highest BCUT2D eigenvalue weighted by Gasteiger charge is 2.15. The number of fused-ring (bicyclic) bond motifs is 1. The zero-order chi connectivity index (χ0) is 28.5. The molecular formula is C31H28N8O3. The summed E-state index contributed by atoms with van der Waals surface area (Å²) < 4.78 is 8.62. The van der Waals surface area contributed by atoms with Gasteiger partial charge in [0.2, 0.25) is 0 Å². The summed E-state index contributed by atoms with van der Waals surface area (Å²) in [6, 6.07) is 24.1. The number of nitrogens with one attached hydrogen (secondary N) is 1. The lowest BCUT2D eigenvalue weighted by atomic mass is 10.1. The fourth-order valence-corrected chi connectivity index (χ4v) is 5.15. The number of H-pyrrole nitrogens is 1. The highest BCUT2D eigenvalue weighted by molar-refractivity contribution is 5.92. The Morgan fingerprint density at radius 1 is 0.857 bits per heavy atom. The van der Waals surface area contributed by atoms with Crippen molar-refractivity contribution in [2.45, 2.75) is 13.1 Å². The van der Waals surface area contributed by atoms with Crippen LogP contribution in [0.25, 0.3) is 39.2 Å².